The number of rotatable bonds is 6. The van der Waals surface area contributed by atoms with Crippen LogP contribution in [0.3, 0.4) is 0 Å². The van der Waals surface area contributed by atoms with Gasteiger partial charge in [-0.15, -0.1) is 5.10 Å². The number of aliphatic imine (C=N–C) groups is 1. The summed E-state index contributed by atoms with van der Waals surface area (Å²) in [4.78, 5) is 6.57. The summed E-state index contributed by atoms with van der Waals surface area (Å²) in [5.41, 5.74) is 4.43. The number of hydrogen-bond donors (Lipinski definition) is 0. The Morgan fingerprint density at radius 3 is 2.61 bits per heavy atom. The molecule has 0 atom stereocenters. The maximum absolute atomic E-state index is 8.91. The molecule has 0 saturated carbocycles. The molecule has 0 bridgehead atoms. The number of aromatic nitrogens is 2. The van der Waals surface area contributed by atoms with E-state index < -0.39 is 0 Å². The lowest BCUT2D eigenvalue weighted by molar-refractivity contribution is 0.454. The minimum Gasteiger partial charge on any atom is -0.437 e. The Morgan fingerprint density at radius 1 is 1.18 bits per heavy atom. The lowest BCUT2D eigenvalue weighted by Gasteiger charge is -2.11. The molecule has 0 aliphatic carbocycles. The molecule has 0 spiro atoms. The van der Waals surface area contributed by atoms with E-state index in [1.807, 2.05) is 68.7 Å². The van der Waals surface area contributed by atoms with Crippen LogP contribution in [0.1, 0.15) is 23.6 Å². The third-order valence-electron chi connectivity index (χ3n) is 4.43. The fraction of sp³-hybridized carbons (Fsp3) is 0.227. The zero-order valence-electron chi connectivity index (χ0n) is 16.5. The standard InChI is InChI=1S/C22H23N5O/c1-5-26(4)15-24-20-12-17(3)21(13-16(20)2)28-22-10-11-27(25-22)19-8-6-18(14-23)7-9-19/h6-13,15H,5H2,1-4H3. The van der Waals surface area contributed by atoms with E-state index in [4.69, 9.17) is 10.00 Å². The van der Waals surface area contributed by atoms with E-state index >= 15 is 0 Å². The second-order valence-corrected chi connectivity index (χ2v) is 6.58. The van der Waals surface area contributed by atoms with Gasteiger partial charge in [-0.1, -0.05) is 0 Å². The van der Waals surface area contributed by atoms with Gasteiger partial charge >= 0.3 is 0 Å². The molecule has 142 valence electrons. The minimum atomic E-state index is 0.508. The van der Waals surface area contributed by atoms with Gasteiger partial charge in [0, 0.05) is 25.9 Å². The molecule has 1 aromatic heterocycles. The largest absolute Gasteiger partial charge is 0.437 e. The molecule has 3 aromatic rings. The van der Waals surface area contributed by atoms with E-state index in [1.165, 1.54) is 0 Å². The van der Waals surface area contributed by atoms with Crippen LogP contribution in [0.15, 0.2) is 53.7 Å². The first kappa shape index (κ1) is 19.2. The van der Waals surface area contributed by atoms with E-state index in [-0.39, 0.29) is 0 Å². The van der Waals surface area contributed by atoms with Crippen molar-refractivity contribution in [2.24, 2.45) is 4.99 Å². The van der Waals surface area contributed by atoms with Crippen LogP contribution in [0.25, 0.3) is 5.69 Å². The van der Waals surface area contributed by atoms with Crippen molar-refractivity contribution in [1.82, 2.24) is 14.7 Å². The van der Waals surface area contributed by atoms with Crippen molar-refractivity contribution in [2.45, 2.75) is 20.8 Å². The lowest BCUT2D eigenvalue weighted by Crippen LogP contribution is -2.14. The molecule has 0 saturated heterocycles. The van der Waals surface area contributed by atoms with Gasteiger partial charge in [0.2, 0.25) is 5.88 Å². The Kier molecular flexibility index (Phi) is 5.75. The van der Waals surface area contributed by atoms with Crippen LogP contribution in [0.2, 0.25) is 0 Å². The fourth-order valence-corrected chi connectivity index (χ4v) is 2.57. The Balaban J connectivity index is 1.78. The third-order valence-corrected chi connectivity index (χ3v) is 4.43. The van der Waals surface area contributed by atoms with Crippen molar-refractivity contribution in [3.8, 4) is 23.4 Å². The predicted octanol–water partition coefficient (Wildman–Crippen LogP) is 4.76. The average Bonchev–Trinajstić information content (AvgIpc) is 3.17. The van der Waals surface area contributed by atoms with Crippen LogP contribution in [-0.4, -0.2) is 34.6 Å². The van der Waals surface area contributed by atoms with Crippen molar-refractivity contribution in [1.29, 1.82) is 5.26 Å². The van der Waals surface area contributed by atoms with E-state index in [2.05, 4.69) is 23.1 Å². The van der Waals surface area contributed by atoms with Crippen molar-refractivity contribution in [3.05, 3.63) is 65.4 Å². The maximum atomic E-state index is 8.91. The molecule has 0 amide bonds. The number of hydrogen-bond acceptors (Lipinski definition) is 4. The van der Waals surface area contributed by atoms with Gasteiger partial charge in [0.15, 0.2) is 0 Å². The zero-order valence-corrected chi connectivity index (χ0v) is 16.5. The van der Waals surface area contributed by atoms with Gasteiger partial charge in [0.25, 0.3) is 0 Å². The topological polar surface area (TPSA) is 66.4 Å². The Morgan fingerprint density at radius 2 is 1.93 bits per heavy atom. The summed E-state index contributed by atoms with van der Waals surface area (Å²) < 4.78 is 7.71. The second kappa shape index (κ2) is 8.40. The van der Waals surface area contributed by atoms with E-state index in [0.29, 0.717) is 11.4 Å². The molecule has 28 heavy (non-hydrogen) atoms. The monoisotopic (exact) mass is 373 g/mol. The highest BCUT2D eigenvalue weighted by Gasteiger charge is 2.09. The van der Waals surface area contributed by atoms with Crippen LogP contribution < -0.4 is 4.74 Å². The molecule has 0 N–H and O–H groups in total. The Labute approximate surface area is 165 Å². The Bertz CT molecular complexity index is 1030. The van der Waals surface area contributed by atoms with Crippen LogP contribution in [-0.2, 0) is 0 Å². The molecule has 2 aromatic carbocycles. The van der Waals surface area contributed by atoms with Gasteiger partial charge < -0.3 is 9.64 Å². The minimum absolute atomic E-state index is 0.508. The molecule has 0 aliphatic rings. The van der Waals surface area contributed by atoms with Gasteiger partial charge in [0.1, 0.15) is 5.75 Å². The maximum Gasteiger partial charge on any atom is 0.238 e. The quantitative estimate of drug-likeness (QED) is 0.461. The molecule has 6 nitrogen and oxygen atoms in total. The SMILES string of the molecule is CCN(C)C=Nc1cc(C)c(Oc2ccn(-c3ccc(C#N)cc3)n2)cc1C. The first-order valence-corrected chi connectivity index (χ1v) is 9.10. The van der Waals surface area contributed by atoms with Gasteiger partial charge in [0.05, 0.1) is 29.3 Å². The number of nitriles is 1. The first-order valence-electron chi connectivity index (χ1n) is 9.10. The van der Waals surface area contributed by atoms with E-state index in [1.54, 1.807) is 16.8 Å². The highest BCUT2D eigenvalue weighted by molar-refractivity contribution is 5.64. The van der Waals surface area contributed by atoms with E-state index in [9.17, 15) is 0 Å². The lowest BCUT2D eigenvalue weighted by atomic mass is 10.1. The van der Waals surface area contributed by atoms with Gasteiger partial charge in [-0.25, -0.2) is 9.67 Å². The van der Waals surface area contributed by atoms with Crippen molar-refractivity contribution >= 4 is 12.0 Å². The van der Waals surface area contributed by atoms with Crippen molar-refractivity contribution in [3.63, 3.8) is 0 Å². The summed E-state index contributed by atoms with van der Waals surface area (Å²) in [6, 6.07) is 15.2. The van der Waals surface area contributed by atoms with Crippen LogP contribution in [0.4, 0.5) is 5.69 Å². The van der Waals surface area contributed by atoms with E-state index in [0.717, 1.165) is 34.8 Å². The summed E-state index contributed by atoms with van der Waals surface area (Å²) in [6.45, 7) is 7.00. The van der Waals surface area contributed by atoms with Crippen molar-refractivity contribution < 1.29 is 4.74 Å². The molecule has 0 fully saturated rings. The summed E-state index contributed by atoms with van der Waals surface area (Å²) in [6.07, 6.45) is 3.67. The highest BCUT2D eigenvalue weighted by atomic mass is 16.5. The van der Waals surface area contributed by atoms with Gasteiger partial charge in [-0.2, -0.15) is 5.26 Å². The van der Waals surface area contributed by atoms with Crippen molar-refractivity contribution in [2.75, 3.05) is 13.6 Å². The van der Waals surface area contributed by atoms with Crippen LogP contribution in [0, 0.1) is 25.2 Å². The second-order valence-electron chi connectivity index (χ2n) is 6.58. The summed E-state index contributed by atoms with van der Waals surface area (Å²) in [7, 11) is 1.99. The van der Waals surface area contributed by atoms with Crippen LogP contribution in [0.5, 0.6) is 11.6 Å². The molecule has 0 aliphatic heterocycles. The molecule has 3 rings (SSSR count). The molecule has 6 heteroatoms. The van der Waals surface area contributed by atoms with Gasteiger partial charge in [-0.3, -0.25) is 0 Å². The highest BCUT2D eigenvalue weighted by Crippen LogP contribution is 2.31. The number of nitrogens with zero attached hydrogens (tertiary/aromatic N) is 5. The number of aryl methyl sites for hydroxylation is 2. The molecular formula is C22H23N5O. The van der Waals surface area contributed by atoms with Crippen LogP contribution >= 0.6 is 0 Å². The number of benzene rings is 2. The molecule has 0 unspecified atom stereocenters. The zero-order chi connectivity index (χ0) is 20.1. The molecule has 1 heterocycles. The normalized spacial score (nSPS) is 10.8. The molecular weight excluding hydrogens is 350 g/mol. The smallest absolute Gasteiger partial charge is 0.238 e. The first-order chi connectivity index (χ1) is 13.5. The summed E-state index contributed by atoms with van der Waals surface area (Å²) in [5, 5.41) is 13.4. The third kappa shape index (κ3) is 4.38. The molecule has 0 radical (unpaired) electrons. The Hall–Kier alpha value is -3.59. The summed E-state index contributed by atoms with van der Waals surface area (Å²) >= 11 is 0. The number of ether oxygens (including phenoxy) is 1. The van der Waals surface area contributed by atoms with Gasteiger partial charge in [-0.05, 0) is 68.3 Å². The summed E-state index contributed by atoms with van der Waals surface area (Å²) in [5.74, 6) is 1.26. The fourth-order valence-electron chi connectivity index (χ4n) is 2.57. The predicted molar refractivity (Wildman–Crippen MR) is 111 cm³/mol. The average molecular weight is 373 g/mol.